The normalized spacial score (nSPS) is 19.0. The molecule has 94 valence electrons. The van der Waals surface area contributed by atoms with Crippen molar-refractivity contribution < 1.29 is 0 Å². The van der Waals surface area contributed by atoms with E-state index in [1.165, 1.54) is 29.3 Å². The van der Waals surface area contributed by atoms with Crippen LogP contribution in [0.5, 0.6) is 0 Å². The topological polar surface area (TPSA) is 12.0 Å². The van der Waals surface area contributed by atoms with E-state index in [0.29, 0.717) is 11.5 Å². The Morgan fingerprint density at radius 1 is 1.41 bits per heavy atom. The summed E-state index contributed by atoms with van der Waals surface area (Å²) in [7, 11) is 0. The van der Waals surface area contributed by atoms with Gasteiger partial charge in [-0.1, -0.05) is 41.9 Å². The van der Waals surface area contributed by atoms with Crippen molar-refractivity contribution in [2.75, 3.05) is 6.54 Å². The lowest BCUT2D eigenvalue weighted by molar-refractivity contribution is 0.354. The Bertz CT molecular complexity index is 371. The highest BCUT2D eigenvalue weighted by Crippen LogP contribution is 2.49. The largest absolute Gasteiger partial charge is 0.313 e. The Balaban J connectivity index is 2.02. The van der Waals surface area contributed by atoms with Gasteiger partial charge in [-0.15, -0.1) is 0 Å². The molecule has 1 aliphatic rings. The number of halogens is 1. The summed E-state index contributed by atoms with van der Waals surface area (Å²) in [5.74, 6) is 0. The molecular formula is C15H22BrN. The fraction of sp³-hybridized carbons (Fsp3) is 0.600. The lowest BCUT2D eigenvalue weighted by Crippen LogP contribution is -2.38. The number of benzene rings is 1. The molecule has 0 aromatic heterocycles. The van der Waals surface area contributed by atoms with E-state index >= 15 is 0 Å². The molecule has 0 bridgehead atoms. The minimum Gasteiger partial charge on any atom is -0.313 e. The molecule has 0 radical (unpaired) electrons. The third kappa shape index (κ3) is 3.56. The van der Waals surface area contributed by atoms with Crippen LogP contribution in [0.25, 0.3) is 0 Å². The van der Waals surface area contributed by atoms with Gasteiger partial charge in [0.25, 0.3) is 0 Å². The molecule has 1 fully saturated rings. The van der Waals surface area contributed by atoms with Crippen LogP contribution in [-0.2, 0) is 6.42 Å². The molecule has 0 amide bonds. The van der Waals surface area contributed by atoms with Gasteiger partial charge >= 0.3 is 0 Å². The van der Waals surface area contributed by atoms with Gasteiger partial charge in [-0.05, 0) is 55.3 Å². The second kappa shape index (κ2) is 5.53. The maximum absolute atomic E-state index is 3.72. The van der Waals surface area contributed by atoms with Crippen LogP contribution < -0.4 is 5.32 Å². The van der Waals surface area contributed by atoms with Gasteiger partial charge < -0.3 is 5.32 Å². The molecular weight excluding hydrogens is 274 g/mol. The smallest absolute Gasteiger partial charge is 0.0178 e. The molecule has 1 saturated carbocycles. The summed E-state index contributed by atoms with van der Waals surface area (Å²) in [5.41, 5.74) is 1.97. The van der Waals surface area contributed by atoms with Crippen molar-refractivity contribution in [3.8, 4) is 0 Å². The van der Waals surface area contributed by atoms with Crippen LogP contribution >= 0.6 is 15.9 Å². The van der Waals surface area contributed by atoms with Crippen molar-refractivity contribution in [1.29, 1.82) is 0 Å². The van der Waals surface area contributed by atoms with Crippen LogP contribution in [-0.4, -0.2) is 12.6 Å². The lowest BCUT2D eigenvalue weighted by Gasteiger charge is -2.25. The Morgan fingerprint density at radius 3 is 2.76 bits per heavy atom. The van der Waals surface area contributed by atoms with Crippen molar-refractivity contribution in [3.63, 3.8) is 0 Å². The highest BCUT2D eigenvalue weighted by atomic mass is 79.9. The van der Waals surface area contributed by atoms with Crippen LogP contribution in [0, 0.1) is 5.41 Å². The van der Waals surface area contributed by atoms with Gasteiger partial charge in [0.15, 0.2) is 0 Å². The second-order valence-electron chi connectivity index (χ2n) is 5.49. The van der Waals surface area contributed by atoms with Gasteiger partial charge in [-0.2, -0.15) is 0 Å². The van der Waals surface area contributed by atoms with Crippen molar-refractivity contribution in [2.24, 2.45) is 5.41 Å². The summed E-state index contributed by atoms with van der Waals surface area (Å²) in [5, 5.41) is 3.72. The summed E-state index contributed by atoms with van der Waals surface area (Å²) in [6.45, 7) is 5.78. The van der Waals surface area contributed by atoms with Crippen molar-refractivity contribution >= 4 is 15.9 Å². The summed E-state index contributed by atoms with van der Waals surface area (Å²) < 4.78 is 1.19. The summed E-state index contributed by atoms with van der Waals surface area (Å²) in [6, 6.07) is 9.34. The molecule has 1 aromatic carbocycles. The van der Waals surface area contributed by atoms with E-state index in [-0.39, 0.29) is 0 Å². The average molecular weight is 296 g/mol. The SMILES string of the molecule is CCCNC(Cc1cccc(Br)c1)C1(C)CC1. The van der Waals surface area contributed by atoms with Crippen LogP contribution in [0.1, 0.15) is 38.7 Å². The minimum absolute atomic E-state index is 0.539. The predicted octanol–water partition coefficient (Wildman–Crippen LogP) is 4.16. The highest BCUT2D eigenvalue weighted by Gasteiger charge is 2.44. The average Bonchev–Trinajstić information content (AvgIpc) is 3.04. The first kappa shape index (κ1) is 13.1. The standard InChI is InChI=1S/C15H22BrN/c1-3-9-17-14(15(2)7-8-15)11-12-5-4-6-13(16)10-12/h4-6,10,14,17H,3,7-9,11H2,1-2H3. The molecule has 0 heterocycles. The van der Waals surface area contributed by atoms with E-state index in [1.807, 2.05) is 0 Å². The number of hydrogen-bond donors (Lipinski definition) is 1. The molecule has 0 spiro atoms. The zero-order valence-electron chi connectivity index (χ0n) is 10.8. The van der Waals surface area contributed by atoms with Crippen LogP contribution in [0.3, 0.4) is 0 Å². The molecule has 2 heteroatoms. The molecule has 1 aromatic rings. The van der Waals surface area contributed by atoms with Crippen LogP contribution in [0.15, 0.2) is 28.7 Å². The van der Waals surface area contributed by atoms with Crippen molar-refractivity contribution in [2.45, 2.75) is 45.6 Å². The van der Waals surface area contributed by atoms with Gasteiger partial charge in [0.05, 0.1) is 0 Å². The summed E-state index contributed by atoms with van der Waals surface area (Å²) >= 11 is 3.55. The summed E-state index contributed by atoms with van der Waals surface area (Å²) in [6.07, 6.45) is 5.12. The van der Waals surface area contributed by atoms with Crippen LogP contribution in [0.4, 0.5) is 0 Å². The second-order valence-corrected chi connectivity index (χ2v) is 6.41. The molecule has 2 rings (SSSR count). The van der Waals surface area contributed by atoms with Crippen molar-refractivity contribution in [1.82, 2.24) is 5.32 Å². The van der Waals surface area contributed by atoms with Gasteiger partial charge in [0, 0.05) is 10.5 Å². The highest BCUT2D eigenvalue weighted by molar-refractivity contribution is 9.10. The number of rotatable bonds is 6. The van der Waals surface area contributed by atoms with E-state index in [4.69, 9.17) is 0 Å². The zero-order valence-corrected chi connectivity index (χ0v) is 12.4. The molecule has 1 atom stereocenters. The van der Waals surface area contributed by atoms with Gasteiger partial charge in [0.1, 0.15) is 0 Å². The van der Waals surface area contributed by atoms with E-state index in [1.54, 1.807) is 0 Å². The molecule has 1 aliphatic carbocycles. The fourth-order valence-electron chi connectivity index (χ4n) is 2.33. The van der Waals surface area contributed by atoms with Gasteiger partial charge in [0.2, 0.25) is 0 Å². The Hall–Kier alpha value is -0.340. The molecule has 1 unspecified atom stereocenters. The number of hydrogen-bond acceptors (Lipinski definition) is 1. The summed E-state index contributed by atoms with van der Waals surface area (Å²) in [4.78, 5) is 0. The first-order valence-corrected chi connectivity index (χ1v) is 7.41. The molecule has 17 heavy (non-hydrogen) atoms. The van der Waals surface area contributed by atoms with Gasteiger partial charge in [-0.25, -0.2) is 0 Å². The van der Waals surface area contributed by atoms with E-state index in [2.05, 4.69) is 59.4 Å². The van der Waals surface area contributed by atoms with Crippen LogP contribution in [0.2, 0.25) is 0 Å². The Kier molecular flexibility index (Phi) is 4.26. The molecule has 1 N–H and O–H groups in total. The van der Waals surface area contributed by atoms with E-state index in [0.717, 1.165) is 13.0 Å². The lowest BCUT2D eigenvalue weighted by atomic mass is 9.92. The Morgan fingerprint density at radius 2 is 2.18 bits per heavy atom. The van der Waals surface area contributed by atoms with E-state index < -0.39 is 0 Å². The fourth-order valence-corrected chi connectivity index (χ4v) is 2.78. The molecule has 1 nitrogen and oxygen atoms in total. The third-order valence-corrected chi connectivity index (χ3v) is 4.34. The molecule has 0 saturated heterocycles. The zero-order chi connectivity index (χ0) is 12.3. The quantitative estimate of drug-likeness (QED) is 0.831. The number of nitrogens with one attached hydrogen (secondary N) is 1. The first-order chi connectivity index (χ1) is 8.14. The molecule has 0 aliphatic heterocycles. The van der Waals surface area contributed by atoms with Crippen molar-refractivity contribution in [3.05, 3.63) is 34.3 Å². The first-order valence-electron chi connectivity index (χ1n) is 6.62. The maximum Gasteiger partial charge on any atom is 0.0178 e. The van der Waals surface area contributed by atoms with Gasteiger partial charge in [-0.3, -0.25) is 0 Å². The third-order valence-electron chi connectivity index (χ3n) is 3.85. The van der Waals surface area contributed by atoms with E-state index in [9.17, 15) is 0 Å². The Labute approximate surface area is 113 Å². The predicted molar refractivity (Wildman–Crippen MR) is 77.3 cm³/mol. The monoisotopic (exact) mass is 295 g/mol. The maximum atomic E-state index is 3.72. The minimum atomic E-state index is 0.539.